The molecule has 1 aromatic carbocycles. The summed E-state index contributed by atoms with van der Waals surface area (Å²) in [7, 11) is 0. The fraction of sp³-hybridized carbons (Fsp3) is 0.400. The molecule has 1 atom stereocenters. The van der Waals surface area contributed by atoms with E-state index in [-0.39, 0.29) is 18.4 Å². The molecule has 0 N–H and O–H groups in total. The van der Waals surface area contributed by atoms with Gasteiger partial charge in [0, 0.05) is 12.1 Å². The van der Waals surface area contributed by atoms with Crippen molar-refractivity contribution in [3.05, 3.63) is 41.7 Å². The van der Waals surface area contributed by atoms with Gasteiger partial charge in [-0.2, -0.15) is 0 Å². The summed E-state index contributed by atoms with van der Waals surface area (Å²) in [5, 5.41) is 10.8. The van der Waals surface area contributed by atoms with E-state index >= 15 is 0 Å². The van der Waals surface area contributed by atoms with Crippen LogP contribution in [0, 0.1) is 0 Å². The van der Waals surface area contributed by atoms with Crippen molar-refractivity contribution in [1.82, 2.24) is 25.1 Å². The molecular formula is C15H15N5O3. The maximum atomic E-state index is 12.5. The normalized spacial score (nSPS) is 23.0. The second kappa shape index (κ2) is 5.15. The molecule has 2 aliphatic heterocycles. The molecule has 0 radical (unpaired) electrons. The van der Waals surface area contributed by atoms with Crippen LogP contribution in [-0.4, -0.2) is 50.1 Å². The smallest absolute Gasteiger partial charge is 0.339 e. The number of rotatable bonds is 2. The van der Waals surface area contributed by atoms with E-state index in [1.807, 2.05) is 18.2 Å². The van der Waals surface area contributed by atoms with E-state index in [4.69, 9.17) is 4.74 Å². The monoisotopic (exact) mass is 313 g/mol. The molecule has 2 aliphatic rings. The highest BCUT2D eigenvalue weighted by atomic mass is 16.6. The highest BCUT2D eigenvalue weighted by molar-refractivity contribution is 5.95. The Hall–Kier alpha value is -2.77. The van der Waals surface area contributed by atoms with Crippen LogP contribution in [0.3, 0.4) is 0 Å². The lowest BCUT2D eigenvalue weighted by Crippen LogP contribution is -2.49. The Balaban J connectivity index is 1.58. The number of aromatic nitrogens is 4. The first-order valence-corrected chi connectivity index (χ1v) is 7.49. The van der Waals surface area contributed by atoms with Gasteiger partial charge in [-0.15, -0.1) is 5.10 Å². The zero-order valence-corrected chi connectivity index (χ0v) is 12.4. The van der Waals surface area contributed by atoms with Crippen LogP contribution in [0.25, 0.3) is 0 Å². The van der Waals surface area contributed by atoms with Crippen LogP contribution in [0.2, 0.25) is 0 Å². The van der Waals surface area contributed by atoms with Crippen LogP contribution >= 0.6 is 0 Å². The van der Waals surface area contributed by atoms with E-state index in [2.05, 4.69) is 15.5 Å². The van der Waals surface area contributed by atoms with E-state index in [0.29, 0.717) is 18.7 Å². The average Bonchev–Trinajstić information content (AvgIpc) is 3.16. The summed E-state index contributed by atoms with van der Waals surface area (Å²) >= 11 is 0. The SMILES string of the molecule is O=C1OC2(CCCN(C(=O)Cn3cnnn3)C2)c2ccccc21. The molecule has 4 rings (SSSR count). The maximum absolute atomic E-state index is 12.5. The third-order valence-electron chi connectivity index (χ3n) is 4.42. The van der Waals surface area contributed by atoms with Gasteiger partial charge in [-0.05, 0) is 29.3 Å². The summed E-state index contributed by atoms with van der Waals surface area (Å²) < 4.78 is 7.08. The van der Waals surface area contributed by atoms with Crippen molar-refractivity contribution in [3.8, 4) is 0 Å². The van der Waals surface area contributed by atoms with Gasteiger partial charge in [0.05, 0.1) is 12.1 Å². The van der Waals surface area contributed by atoms with Crippen LogP contribution in [0.4, 0.5) is 0 Å². The Morgan fingerprint density at radius 3 is 3.04 bits per heavy atom. The van der Waals surface area contributed by atoms with E-state index in [1.54, 1.807) is 11.0 Å². The summed E-state index contributed by atoms with van der Waals surface area (Å²) in [6, 6.07) is 7.40. The highest BCUT2D eigenvalue weighted by Crippen LogP contribution is 2.42. The van der Waals surface area contributed by atoms with Crippen molar-refractivity contribution in [3.63, 3.8) is 0 Å². The minimum absolute atomic E-state index is 0.0820. The lowest BCUT2D eigenvalue weighted by Gasteiger charge is -2.39. The summed E-state index contributed by atoms with van der Waals surface area (Å²) in [6.45, 7) is 1.10. The standard InChI is InChI=1S/C15H15N5O3/c21-13(8-20-10-16-17-18-20)19-7-3-6-15(9-19)12-5-2-1-4-11(12)14(22)23-15/h1-2,4-5,10H,3,6-9H2. The number of carbonyl (C=O) groups excluding carboxylic acids is 2. The Morgan fingerprint density at radius 2 is 2.22 bits per heavy atom. The molecule has 8 nitrogen and oxygen atoms in total. The second-order valence-electron chi connectivity index (χ2n) is 5.86. The van der Waals surface area contributed by atoms with Gasteiger partial charge >= 0.3 is 5.97 Å². The van der Waals surface area contributed by atoms with Crippen LogP contribution in [0.5, 0.6) is 0 Å². The van der Waals surface area contributed by atoms with Crippen LogP contribution in [0.1, 0.15) is 28.8 Å². The number of esters is 1. The Kier molecular flexibility index (Phi) is 3.10. The minimum Gasteiger partial charge on any atom is -0.449 e. The summed E-state index contributed by atoms with van der Waals surface area (Å²) in [5.74, 6) is -0.396. The maximum Gasteiger partial charge on any atom is 0.339 e. The number of likely N-dealkylation sites (tertiary alicyclic amines) is 1. The summed E-state index contributed by atoms with van der Waals surface area (Å²) in [5.41, 5.74) is 0.759. The topological polar surface area (TPSA) is 90.2 Å². The predicted octanol–water partition coefficient (Wildman–Crippen LogP) is 0.361. The first-order chi connectivity index (χ1) is 11.2. The van der Waals surface area contributed by atoms with Gasteiger partial charge < -0.3 is 9.64 Å². The number of benzene rings is 1. The lowest BCUT2D eigenvalue weighted by molar-refractivity contribution is -0.139. The molecule has 1 amide bonds. The fourth-order valence-electron chi connectivity index (χ4n) is 3.38. The molecule has 1 aromatic heterocycles. The molecule has 3 heterocycles. The van der Waals surface area contributed by atoms with Gasteiger partial charge in [0.2, 0.25) is 5.91 Å². The van der Waals surface area contributed by atoms with Crippen molar-refractivity contribution < 1.29 is 14.3 Å². The summed E-state index contributed by atoms with van der Waals surface area (Å²) in [4.78, 5) is 26.3. The number of amides is 1. The number of fused-ring (bicyclic) bond motifs is 2. The Bertz CT molecular complexity index is 760. The van der Waals surface area contributed by atoms with Gasteiger partial charge in [0.1, 0.15) is 12.9 Å². The molecule has 1 unspecified atom stereocenters. The van der Waals surface area contributed by atoms with Crippen LogP contribution < -0.4 is 0 Å². The molecule has 1 fully saturated rings. The third kappa shape index (κ3) is 2.26. The highest BCUT2D eigenvalue weighted by Gasteiger charge is 2.48. The number of carbonyl (C=O) groups is 2. The predicted molar refractivity (Wildman–Crippen MR) is 77.2 cm³/mol. The molecule has 1 saturated heterocycles. The average molecular weight is 313 g/mol. The number of ether oxygens (including phenoxy) is 1. The molecule has 0 bridgehead atoms. The molecule has 1 spiro atoms. The van der Waals surface area contributed by atoms with Crippen molar-refractivity contribution in [2.45, 2.75) is 25.0 Å². The van der Waals surface area contributed by atoms with Gasteiger partial charge in [-0.3, -0.25) is 4.79 Å². The van der Waals surface area contributed by atoms with Crippen LogP contribution in [-0.2, 0) is 21.7 Å². The second-order valence-corrected chi connectivity index (χ2v) is 5.86. The van der Waals surface area contributed by atoms with E-state index in [1.165, 1.54) is 11.0 Å². The Labute approximate surface area is 132 Å². The largest absolute Gasteiger partial charge is 0.449 e. The zero-order valence-electron chi connectivity index (χ0n) is 12.4. The number of hydrogen-bond acceptors (Lipinski definition) is 6. The molecule has 0 saturated carbocycles. The van der Waals surface area contributed by atoms with Crippen LogP contribution in [0.15, 0.2) is 30.6 Å². The number of tetrazole rings is 1. The van der Waals surface area contributed by atoms with Crippen molar-refractivity contribution in [1.29, 1.82) is 0 Å². The van der Waals surface area contributed by atoms with E-state index < -0.39 is 5.60 Å². The molecule has 2 aromatic rings. The van der Waals surface area contributed by atoms with Crippen molar-refractivity contribution >= 4 is 11.9 Å². The molecular weight excluding hydrogens is 298 g/mol. The lowest BCUT2D eigenvalue weighted by atomic mass is 9.85. The number of nitrogens with zero attached hydrogens (tertiary/aromatic N) is 5. The van der Waals surface area contributed by atoms with Gasteiger partial charge in [0.15, 0.2) is 5.60 Å². The van der Waals surface area contributed by atoms with E-state index in [0.717, 1.165) is 18.4 Å². The van der Waals surface area contributed by atoms with Crippen molar-refractivity contribution in [2.75, 3.05) is 13.1 Å². The first-order valence-electron chi connectivity index (χ1n) is 7.49. The van der Waals surface area contributed by atoms with E-state index in [9.17, 15) is 9.59 Å². The molecule has 23 heavy (non-hydrogen) atoms. The Morgan fingerprint density at radius 1 is 1.35 bits per heavy atom. The van der Waals surface area contributed by atoms with Gasteiger partial charge in [0.25, 0.3) is 0 Å². The molecule has 0 aliphatic carbocycles. The zero-order chi connectivity index (χ0) is 15.9. The fourth-order valence-corrected chi connectivity index (χ4v) is 3.38. The van der Waals surface area contributed by atoms with Crippen molar-refractivity contribution in [2.24, 2.45) is 0 Å². The van der Waals surface area contributed by atoms with Gasteiger partial charge in [-0.1, -0.05) is 18.2 Å². The quantitative estimate of drug-likeness (QED) is 0.744. The third-order valence-corrected chi connectivity index (χ3v) is 4.42. The minimum atomic E-state index is -0.720. The summed E-state index contributed by atoms with van der Waals surface area (Å²) in [6.07, 6.45) is 2.91. The molecule has 118 valence electrons. The van der Waals surface area contributed by atoms with Gasteiger partial charge in [-0.25, -0.2) is 9.48 Å². The number of hydrogen-bond donors (Lipinski definition) is 0. The molecule has 8 heteroatoms. The number of piperidine rings is 1. The first kappa shape index (κ1) is 13.9.